The summed E-state index contributed by atoms with van der Waals surface area (Å²) >= 11 is 0. The predicted molar refractivity (Wildman–Crippen MR) is 88.4 cm³/mol. The van der Waals surface area contributed by atoms with Gasteiger partial charge >= 0.3 is 0 Å². The van der Waals surface area contributed by atoms with Crippen molar-refractivity contribution in [2.24, 2.45) is 5.41 Å². The average molecular weight is 288 g/mol. The van der Waals surface area contributed by atoms with Gasteiger partial charge in [0.1, 0.15) is 5.82 Å². The van der Waals surface area contributed by atoms with Crippen LogP contribution in [-0.4, -0.2) is 29.6 Å². The first-order valence-corrected chi connectivity index (χ1v) is 7.97. The lowest BCUT2D eigenvalue weighted by Crippen LogP contribution is -2.32. The molecule has 0 radical (unpaired) electrons. The van der Waals surface area contributed by atoms with Gasteiger partial charge in [0.25, 0.3) is 0 Å². The topological polar surface area (TPSA) is 41.1 Å². The van der Waals surface area contributed by atoms with Crippen molar-refractivity contribution in [3.8, 4) is 0 Å². The zero-order valence-corrected chi connectivity index (χ0v) is 13.8. The van der Waals surface area contributed by atoms with Crippen LogP contribution in [0.4, 0.5) is 5.82 Å². The van der Waals surface area contributed by atoms with Crippen molar-refractivity contribution < 1.29 is 0 Å². The van der Waals surface area contributed by atoms with Crippen LogP contribution in [-0.2, 0) is 6.54 Å². The fourth-order valence-electron chi connectivity index (χ4n) is 2.58. The number of aromatic nitrogens is 2. The van der Waals surface area contributed by atoms with Crippen LogP contribution in [0.3, 0.4) is 0 Å². The lowest BCUT2D eigenvalue weighted by atomic mass is 9.83. The Balaban J connectivity index is 2.00. The van der Waals surface area contributed by atoms with Crippen LogP contribution >= 0.6 is 0 Å². The van der Waals surface area contributed by atoms with Crippen molar-refractivity contribution in [1.29, 1.82) is 0 Å². The number of nitrogens with zero attached hydrogens (tertiary/aromatic N) is 3. The molecule has 1 aliphatic heterocycles. The second-order valence-electron chi connectivity index (χ2n) is 6.72. The molecule has 0 atom stereocenters. The Morgan fingerprint density at radius 3 is 2.71 bits per heavy atom. The molecule has 0 fully saturated rings. The molecule has 0 saturated heterocycles. The van der Waals surface area contributed by atoms with Crippen molar-refractivity contribution in [2.75, 3.05) is 24.5 Å². The molecule has 1 N–H and O–H groups in total. The highest BCUT2D eigenvalue weighted by Crippen LogP contribution is 2.30. The molecule has 21 heavy (non-hydrogen) atoms. The number of hydrogen-bond acceptors (Lipinski definition) is 4. The summed E-state index contributed by atoms with van der Waals surface area (Å²) in [6.07, 6.45) is 8.34. The van der Waals surface area contributed by atoms with Crippen LogP contribution < -0.4 is 10.2 Å². The normalized spacial score (nSPS) is 16.0. The van der Waals surface area contributed by atoms with Gasteiger partial charge in [0, 0.05) is 25.8 Å². The molecule has 4 nitrogen and oxygen atoms in total. The summed E-state index contributed by atoms with van der Waals surface area (Å²) < 4.78 is 0. The quantitative estimate of drug-likeness (QED) is 0.667. The zero-order chi connectivity index (χ0) is 15.3. The molecular weight excluding hydrogens is 260 g/mol. The van der Waals surface area contributed by atoms with Crippen LogP contribution in [0, 0.1) is 5.41 Å². The van der Waals surface area contributed by atoms with E-state index in [4.69, 9.17) is 4.98 Å². The van der Waals surface area contributed by atoms with E-state index in [9.17, 15) is 0 Å². The van der Waals surface area contributed by atoms with Gasteiger partial charge < -0.3 is 10.2 Å². The maximum absolute atomic E-state index is 4.73. The monoisotopic (exact) mass is 288 g/mol. The van der Waals surface area contributed by atoms with Gasteiger partial charge in [0.2, 0.25) is 0 Å². The van der Waals surface area contributed by atoms with Gasteiger partial charge in [-0.15, -0.1) is 0 Å². The van der Waals surface area contributed by atoms with Crippen molar-refractivity contribution in [1.82, 2.24) is 15.3 Å². The highest BCUT2D eigenvalue weighted by atomic mass is 15.2. The molecule has 1 aromatic heterocycles. The largest absolute Gasteiger partial charge is 0.351 e. The molecule has 0 unspecified atom stereocenters. The van der Waals surface area contributed by atoms with Gasteiger partial charge in [-0.1, -0.05) is 39.3 Å². The molecular formula is C17H28N4. The van der Waals surface area contributed by atoms with E-state index in [-0.39, 0.29) is 5.41 Å². The molecule has 0 aliphatic carbocycles. The van der Waals surface area contributed by atoms with E-state index >= 15 is 0 Å². The number of rotatable bonds is 5. The summed E-state index contributed by atoms with van der Waals surface area (Å²) in [6.45, 7) is 12.8. The van der Waals surface area contributed by atoms with Gasteiger partial charge in [-0.3, -0.25) is 4.98 Å². The average Bonchev–Trinajstić information content (AvgIpc) is 2.47. The standard InChI is InChI=1S/C17H28N4/c1-5-8-18-11-15-12-19-13-16(20-15)21-9-6-14(7-10-21)17(2,3)4/h6,12-13,18H,5,7-11H2,1-4H3. The van der Waals surface area contributed by atoms with Gasteiger partial charge in [0.05, 0.1) is 11.9 Å². The maximum Gasteiger partial charge on any atom is 0.147 e. The smallest absolute Gasteiger partial charge is 0.147 e. The Labute approximate surface area is 128 Å². The van der Waals surface area contributed by atoms with Gasteiger partial charge in [-0.05, 0) is 24.8 Å². The Bertz CT molecular complexity index is 488. The maximum atomic E-state index is 4.73. The number of anilines is 1. The summed E-state index contributed by atoms with van der Waals surface area (Å²) in [5, 5.41) is 3.38. The molecule has 4 heteroatoms. The molecule has 0 amide bonds. The molecule has 2 heterocycles. The Morgan fingerprint density at radius 2 is 2.10 bits per heavy atom. The highest BCUT2D eigenvalue weighted by molar-refractivity contribution is 5.40. The molecule has 116 valence electrons. The van der Waals surface area contributed by atoms with Crippen molar-refractivity contribution in [2.45, 2.75) is 47.1 Å². The van der Waals surface area contributed by atoms with E-state index in [1.807, 2.05) is 12.4 Å². The summed E-state index contributed by atoms with van der Waals surface area (Å²) in [4.78, 5) is 11.4. The van der Waals surface area contributed by atoms with Gasteiger partial charge in [-0.2, -0.15) is 0 Å². The lowest BCUT2D eigenvalue weighted by molar-refractivity contribution is 0.472. The van der Waals surface area contributed by atoms with Crippen LogP contribution in [0.1, 0.15) is 46.2 Å². The van der Waals surface area contributed by atoms with Crippen LogP contribution in [0.25, 0.3) is 0 Å². The van der Waals surface area contributed by atoms with E-state index in [1.54, 1.807) is 5.57 Å². The fraction of sp³-hybridized carbons (Fsp3) is 0.647. The first-order valence-electron chi connectivity index (χ1n) is 7.97. The van der Waals surface area contributed by atoms with Crippen molar-refractivity contribution >= 4 is 5.82 Å². The summed E-state index contributed by atoms with van der Waals surface area (Å²) in [7, 11) is 0. The van der Waals surface area contributed by atoms with Crippen LogP contribution in [0.15, 0.2) is 24.0 Å². The molecule has 1 aliphatic rings. The minimum absolute atomic E-state index is 0.281. The number of hydrogen-bond donors (Lipinski definition) is 1. The zero-order valence-electron chi connectivity index (χ0n) is 13.8. The Hall–Kier alpha value is -1.42. The van der Waals surface area contributed by atoms with E-state index in [0.29, 0.717) is 0 Å². The van der Waals surface area contributed by atoms with Crippen molar-refractivity contribution in [3.63, 3.8) is 0 Å². The molecule has 2 rings (SSSR count). The first kappa shape index (κ1) is 16.0. The van der Waals surface area contributed by atoms with Crippen LogP contribution in [0.2, 0.25) is 0 Å². The minimum Gasteiger partial charge on any atom is -0.351 e. The van der Waals surface area contributed by atoms with Gasteiger partial charge in [-0.25, -0.2) is 4.98 Å². The fourth-order valence-corrected chi connectivity index (χ4v) is 2.58. The third kappa shape index (κ3) is 4.53. The molecule has 1 aromatic rings. The van der Waals surface area contributed by atoms with Crippen LogP contribution in [0.5, 0.6) is 0 Å². The number of nitrogens with one attached hydrogen (secondary N) is 1. The summed E-state index contributed by atoms with van der Waals surface area (Å²) in [5.41, 5.74) is 2.85. The highest BCUT2D eigenvalue weighted by Gasteiger charge is 2.21. The summed E-state index contributed by atoms with van der Waals surface area (Å²) in [5.74, 6) is 0.995. The predicted octanol–water partition coefficient (Wildman–Crippen LogP) is 3.16. The minimum atomic E-state index is 0.281. The van der Waals surface area contributed by atoms with E-state index < -0.39 is 0 Å². The third-order valence-electron chi connectivity index (χ3n) is 3.90. The van der Waals surface area contributed by atoms with E-state index in [2.05, 4.69) is 49.0 Å². The molecule has 0 spiro atoms. The second-order valence-corrected chi connectivity index (χ2v) is 6.72. The molecule has 0 bridgehead atoms. The first-order chi connectivity index (χ1) is 10.0. The second kappa shape index (κ2) is 7.03. The van der Waals surface area contributed by atoms with E-state index in [0.717, 1.165) is 50.5 Å². The molecule has 0 saturated carbocycles. The Morgan fingerprint density at radius 1 is 1.29 bits per heavy atom. The van der Waals surface area contributed by atoms with Gasteiger partial charge in [0.15, 0.2) is 0 Å². The van der Waals surface area contributed by atoms with Crippen molar-refractivity contribution in [3.05, 3.63) is 29.7 Å². The lowest BCUT2D eigenvalue weighted by Gasteiger charge is -2.32. The molecule has 0 aromatic carbocycles. The SMILES string of the molecule is CCCNCc1cncc(N2CC=C(C(C)(C)C)CC2)n1. The van der Waals surface area contributed by atoms with E-state index in [1.165, 1.54) is 0 Å². The Kier molecular flexibility index (Phi) is 5.34. The third-order valence-corrected chi connectivity index (χ3v) is 3.90. The summed E-state index contributed by atoms with van der Waals surface area (Å²) in [6, 6.07) is 0.